The van der Waals surface area contributed by atoms with Crippen LogP contribution >= 0.6 is 0 Å². The largest absolute Gasteiger partial charge is 0.468 e. The van der Waals surface area contributed by atoms with Gasteiger partial charge in [0.15, 0.2) is 0 Å². The summed E-state index contributed by atoms with van der Waals surface area (Å²) < 4.78 is 4.52. The predicted octanol–water partition coefficient (Wildman–Crippen LogP) is -0.0866. The van der Waals surface area contributed by atoms with Crippen molar-refractivity contribution in [3.05, 3.63) is 29.3 Å². The van der Waals surface area contributed by atoms with E-state index in [4.69, 9.17) is 7.85 Å². The lowest BCUT2D eigenvalue weighted by atomic mass is 9.75. The van der Waals surface area contributed by atoms with Gasteiger partial charge in [0.1, 0.15) is 14.4 Å². The minimum Gasteiger partial charge on any atom is -0.468 e. The van der Waals surface area contributed by atoms with Gasteiger partial charge in [-0.1, -0.05) is 17.6 Å². The number of hydrogen-bond acceptors (Lipinski definition) is 4. The Kier molecular flexibility index (Phi) is 3.42. The Morgan fingerprint density at radius 2 is 2.00 bits per heavy atom. The molecule has 0 bridgehead atoms. The number of rotatable bonds is 2. The summed E-state index contributed by atoms with van der Waals surface area (Å²) in [6.45, 7) is 3.01. The summed E-state index contributed by atoms with van der Waals surface area (Å²) in [4.78, 5) is 37.1. The standard InChI is InChI=1S/C14H14BNO4/c1-14(2)10-6-8(15)4-5-9(10)12(18)16(13(14)19)7-11(17)20-3/h4-6H,7H2,1-3H3. The van der Waals surface area contributed by atoms with Gasteiger partial charge < -0.3 is 4.74 Å². The Balaban J connectivity index is 2.53. The van der Waals surface area contributed by atoms with Gasteiger partial charge >= 0.3 is 5.97 Å². The maximum Gasteiger partial charge on any atom is 0.325 e. The normalized spacial score (nSPS) is 16.9. The van der Waals surface area contributed by atoms with Crippen molar-refractivity contribution in [1.29, 1.82) is 0 Å². The van der Waals surface area contributed by atoms with Crippen molar-refractivity contribution >= 4 is 31.1 Å². The number of hydrogen-bond donors (Lipinski definition) is 0. The molecule has 0 saturated carbocycles. The molecular weight excluding hydrogens is 257 g/mol. The lowest BCUT2D eigenvalue weighted by molar-refractivity contribution is -0.147. The quantitative estimate of drug-likeness (QED) is 0.428. The van der Waals surface area contributed by atoms with E-state index in [0.29, 0.717) is 16.6 Å². The van der Waals surface area contributed by atoms with Crippen molar-refractivity contribution in [1.82, 2.24) is 4.90 Å². The molecule has 1 aliphatic heterocycles. The fourth-order valence-corrected chi connectivity index (χ4v) is 2.29. The SMILES string of the molecule is [B]c1ccc2c(c1)C(C)(C)C(=O)N(CC(=O)OC)C2=O. The number of nitrogens with zero attached hydrogens (tertiary/aromatic N) is 1. The Labute approximate surface area is 118 Å². The van der Waals surface area contributed by atoms with Crippen LogP contribution in [0.2, 0.25) is 0 Å². The van der Waals surface area contributed by atoms with Gasteiger partial charge in [0.2, 0.25) is 5.91 Å². The van der Waals surface area contributed by atoms with Crippen LogP contribution in [0.4, 0.5) is 0 Å². The number of benzene rings is 1. The van der Waals surface area contributed by atoms with E-state index in [1.807, 2.05) is 0 Å². The van der Waals surface area contributed by atoms with Crippen LogP contribution in [0.25, 0.3) is 0 Å². The summed E-state index contributed by atoms with van der Waals surface area (Å²) in [5, 5.41) is 0. The fourth-order valence-electron chi connectivity index (χ4n) is 2.29. The first-order valence-electron chi connectivity index (χ1n) is 6.12. The number of methoxy groups -OCH3 is 1. The Bertz CT molecular complexity index is 609. The Morgan fingerprint density at radius 1 is 1.35 bits per heavy atom. The molecule has 102 valence electrons. The molecule has 0 spiro atoms. The number of esters is 1. The zero-order chi connectivity index (χ0) is 15.1. The summed E-state index contributed by atoms with van der Waals surface area (Å²) in [5.74, 6) is -1.58. The van der Waals surface area contributed by atoms with Crippen LogP contribution in [0.1, 0.15) is 29.8 Å². The summed E-state index contributed by atoms with van der Waals surface area (Å²) in [7, 11) is 6.93. The highest BCUT2D eigenvalue weighted by molar-refractivity contribution is 6.32. The molecular formula is C14H14BNO4. The first-order valence-corrected chi connectivity index (χ1v) is 6.12. The van der Waals surface area contributed by atoms with Gasteiger partial charge in [-0.05, 0) is 25.5 Å². The molecule has 2 radical (unpaired) electrons. The van der Waals surface area contributed by atoms with E-state index in [-0.39, 0.29) is 6.54 Å². The lowest BCUT2D eigenvalue weighted by Gasteiger charge is -2.37. The van der Waals surface area contributed by atoms with E-state index in [0.717, 1.165) is 4.90 Å². The minimum absolute atomic E-state index is 0.382. The number of amides is 2. The van der Waals surface area contributed by atoms with Crippen molar-refractivity contribution in [2.24, 2.45) is 0 Å². The molecule has 5 nitrogen and oxygen atoms in total. The first-order chi connectivity index (χ1) is 9.28. The maximum atomic E-state index is 12.4. The van der Waals surface area contributed by atoms with Gasteiger partial charge in [-0.15, -0.1) is 0 Å². The van der Waals surface area contributed by atoms with Crippen LogP contribution in [0, 0.1) is 0 Å². The third kappa shape index (κ3) is 2.11. The van der Waals surface area contributed by atoms with E-state index in [9.17, 15) is 14.4 Å². The molecule has 2 rings (SSSR count). The molecule has 6 heteroatoms. The van der Waals surface area contributed by atoms with Crippen LogP contribution in [-0.4, -0.2) is 44.2 Å². The Morgan fingerprint density at radius 3 is 2.60 bits per heavy atom. The highest BCUT2D eigenvalue weighted by atomic mass is 16.5. The molecule has 2 amide bonds. The molecule has 1 aromatic rings. The third-order valence-corrected chi connectivity index (χ3v) is 3.49. The van der Waals surface area contributed by atoms with Crippen LogP contribution in [0.5, 0.6) is 0 Å². The molecule has 0 aromatic heterocycles. The van der Waals surface area contributed by atoms with Crippen molar-refractivity contribution in [3.8, 4) is 0 Å². The Hall–Kier alpha value is -2.11. The predicted molar refractivity (Wildman–Crippen MR) is 72.9 cm³/mol. The maximum absolute atomic E-state index is 12.4. The van der Waals surface area contributed by atoms with E-state index in [1.54, 1.807) is 32.0 Å². The van der Waals surface area contributed by atoms with Crippen LogP contribution in [0.15, 0.2) is 18.2 Å². The second-order valence-corrected chi connectivity index (χ2v) is 5.20. The van der Waals surface area contributed by atoms with E-state index < -0.39 is 23.2 Å². The number of imide groups is 1. The van der Waals surface area contributed by atoms with Gasteiger partial charge in [-0.3, -0.25) is 19.3 Å². The average molecular weight is 271 g/mol. The number of carbonyl (C=O) groups is 3. The first kappa shape index (κ1) is 14.3. The summed E-state index contributed by atoms with van der Waals surface area (Å²) in [6, 6.07) is 4.80. The molecule has 0 unspecified atom stereocenters. The van der Waals surface area contributed by atoms with Crippen molar-refractivity contribution in [2.75, 3.05) is 13.7 Å². The molecule has 1 aliphatic rings. The van der Waals surface area contributed by atoms with E-state index >= 15 is 0 Å². The molecule has 1 heterocycles. The van der Waals surface area contributed by atoms with E-state index in [1.165, 1.54) is 7.11 Å². The summed E-state index contributed by atoms with van der Waals surface area (Å²) >= 11 is 0. The molecule has 0 N–H and O–H groups in total. The second-order valence-electron chi connectivity index (χ2n) is 5.20. The fraction of sp³-hybridized carbons (Fsp3) is 0.357. The van der Waals surface area contributed by atoms with Crippen LogP contribution < -0.4 is 5.46 Å². The van der Waals surface area contributed by atoms with Gasteiger partial charge in [0.05, 0.1) is 12.5 Å². The zero-order valence-corrected chi connectivity index (χ0v) is 11.6. The molecule has 0 atom stereocenters. The van der Waals surface area contributed by atoms with Crippen LogP contribution in [0.3, 0.4) is 0 Å². The van der Waals surface area contributed by atoms with Gasteiger partial charge in [0, 0.05) is 5.56 Å². The second kappa shape index (κ2) is 4.78. The smallest absolute Gasteiger partial charge is 0.325 e. The molecule has 0 fully saturated rings. The zero-order valence-electron chi connectivity index (χ0n) is 11.6. The minimum atomic E-state index is -0.924. The van der Waals surface area contributed by atoms with Gasteiger partial charge in [0.25, 0.3) is 5.91 Å². The molecule has 1 aromatic carbocycles. The summed E-state index contributed by atoms with van der Waals surface area (Å²) in [5.41, 5.74) is 0.521. The van der Waals surface area contributed by atoms with Crippen molar-refractivity contribution in [3.63, 3.8) is 0 Å². The molecule has 0 saturated heterocycles. The number of fused-ring (bicyclic) bond motifs is 1. The number of ether oxygens (including phenoxy) is 1. The van der Waals surface area contributed by atoms with E-state index in [2.05, 4.69) is 4.74 Å². The van der Waals surface area contributed by atoms with Crippen molar-refractivity contribution in [2.45, 2.75) is 19.3 Å². The van der Waals surface area contributed by atoms with Gasteiger partial charge in [-0.2, -0.15) is 0 Å². The topological polar surface area (TPSA) is 63.7 Å². The molecule has 20 heavy (non-hydrogen) atoms. The van der Waals surface area contributed by atoms with Crippen LogP contribution in [-0.2, 0) is 19.7 Å². The summed E-state index contributed by atoms with van der Waals surface area (Å²) in [6.07, 6.45) is 0. The van der Waals surface area contributed by atoms with Crippen molar-refractivity contribution < 1.29 is 19.1 Å². The monoisotopic (exact) mass is 271 g/mol. The third-order valence-electron chi connectivity index (χ3n) is 3.49. The highest BCUT2D eigenvalue weighted by Gasteiger charge is 2.44. The lowest BCUT2D eigenvalue weighted by Crippen LogP contribution is -2.53. The average Bonchev–Trinajstić information content (AvgIpc) is 2.41. The highest BCUT2D eigenvalue weighted by Crippen LogP contribution is 2.33. The number of carbonyl (C=O) groups excluding carboxylic acids is 3. The van der Waals surface area contributed by atoms with Gasteiger partial charge in [-0.25, -0.2) is 0 Å². The molecule has 0 aliphatic carbocycles.